The molecule has 5 heteroatoms. The number of carbonyl (C=O) groups excluding carboxylic acids is 1. The van der Waals surface area contributed by atoms with Crippen molar-refractivity contribution in [3.05, 3.63) is 23.2 Å². The fourth-order valence-electron chi connectivity index (χ4n) is 1.20. The van der Waals surface area contributed by atoms with Gasteiger partial charge in [-0.1, -0.05) is 11.6 Å². The molecule has 90 valence electrons. The lowest BCUT2D eigenvalue weighted by atomic mass is 10.2. The second-order valence-electron chi connectivity index (χ2n) is 3.35. The van der Waals surface area contributed by atoms with E-state index in [1.54, 1.807) is 18.2 Å². The topological polar surface area (TPSA) is 64.4 Å². The van der Waals surface area contributed by atoms with Crippen molar-refractivity contribution in [1.29, 1.82) is 0 Å². The highest BCUT2D eigenvalue weighted by Crippen LogP contribution is 2.27. The zero-order valence-electron chi connectivity index (χ0n) is 9.37. The van der Waals surface area contributed by atoms with Crippen molar-refractivity contribution in [3.8, 4) is 18.1 Å². The second-order valence-corrected chi connectivity index (χ2v) is 3.76. The number of hydrogen-bond acceptors (Lipinski definition) is 3. The zero-order chi connectivity index (χ0) is 12.8. The highest BCUT2D eigenvalue weighted by atomic mass is 35.5. The lowest BCUT2D eigenvalue weighted by Crippen LogP contribution is -2.35. The third-order valence-electron chi connectivity index (χ3n) is 2.09. The van der Waals surface area contributed by atoms with Gasteiger partial charge in [-0.3, -0.25) is 4.79 Å². The molecule has 17 heavy (non-hydrogen) atoms. The summed E-state index contributed by atoms with van der Waals surface area (Å²) >= 11 is 5.91. The Labute approximate surface area is 105 Å². The lowest BCUT2D eigenvalue weighted by Gasteiger charge is -2.11. The van der Waals surface area contributed by atoms with Gasteiger partial charge in [-0.25, -0.2) is 0 Å². The van der Waals surface area contributed by atoms with Gasteiger partial charge in [-0.15, -0.1) is 12.3 Å². The summed E-state index contributed by atoms with van der Waals surface area (Å²) in [6, 6.07) is 4.19. The van der Waals surface area contributed by atoms with Crippen LogP contribution in [0.2, 0.25) is 5.02 Å². The van der Waals surface area contributed by atoms with Crippen LogP contribution < -0.4 is 15.8 Å². The van der Waals surface area contributed by atoms with Gasteiger partial charge >= 0.3 is 0 Å². The van der Waals surface area contributed by atoms with E-state index in [9.17, 15) is 4.79 Å². The van der Waals surface area contributed by atoms with E-state index in [1.807, 2.05) is 0 Å². The Morgan fingerprint density at radius 3 is 2.94 bits per heavy atom. The number of ether oxygens (including phenoxy) is 1. The normalized spacial score (nSPS) is 11.4. The quantitative estimate of drug-likeness (QED) is 0.801. The average Bonchev–Trinajstić information content (AvgIpc) is 2.29. The fourth-order valence-corrected chi connectivity index (χ4v) is 1.46. The Morgan fingerprint density at radius 1 is 1.71 bits per heavy atom. The van der Waals surface area contributed by atoms with Crippen molar-refractivity contribution in [3.63, 3.8) is 0 Å². The van der Waals surface area contributed by atoms with E-state index in [4.69, 9.17) is 28.5 Å². The largest absolute Gasteiger partial charge is 0.495 e. The molecule has 1 aromatic carbocycles. The van der Waals surface area contributed by atoms with Crippen molar-refractivity contribution < 1.29 is 9.53 Å². The van der Waals surface area contributed by atoms with Crippen LogP contribution in [0, 0.1) is 12.3 Å². The molecule has 0 spiro atoms. The summed E-state index contributed by atoms with van der Waals surface area (Å²) in [6.07, 6.45) is 5.27. The number of terminal acetylenes is 1. The van der Waals surface area contributed by atoms with Gasteiger partial charge < -0.3 is 15.8 Å². The van der Waals surface area contributed by atoms with Crippen LogP contribution in [0.4, 0.5) is 5.69 Å². The first-order valence-electron chi connectivity index (χ1n) is 4.92. The Bertz CT molecular complexity index is 454. The number of nitrogens with one attached hydrogen (secondary N) is 1. The van der Waals surface area contributed by atoms with Crippen molar-refractivity contribution in [2.24, 2.45) is 5.73 Å². The lowest BCUT2D eigenvalue weighted by molar-refractivity contribution is -0.117. The number of amides is 1. The molecular weight excluding hydrogens is 240 g/mol. The maximum Gasteiger partial charge on any atom is 0.242 e. The molecule has 1 aromatic rings. The van der Waals surface area contributed by atoms with E-state index in [0.29, 0.717) is 16.5 Å². The van der Waals surface area contributed by atoms with E-state index in [0.717, 1.165) is 0 Å². The Hall–Kier alpha value is -1.70. The highest BCUT2D eigenvalue weighted by Gasteiger charge is 2.12. The zero-order valence-corrected chi connectivity index (χ0v) is 10.1. The molecule has 0 saturated carbocycles. The van der Waals surface area contributed by atoms with E-state index in [-0.39, 0.29) is 12.3 Å². The van der Waals surface area contributed by atoms with Crippen LogP contribution in [0.1, 0.15) is 6.42 Å². The van der Waals surface area contributed by atoms with Crippen LogP contribution >= 0.6 is 11.6 Å². The number of halogens is 1. The molecule has 0 aromatic heterocycles. The first kappa shape index (κ1) is 13.4. The first-order chi connectivity index (χ1) is 8.08. The summed E-state index contributed by atoms with van der Waals surface area (Å²) in [5.74, 6) is 2.53. The molecule has 0 aliphatic heterocycles. The smallest absolute Gasteiger partial charge is 0.242 e. The molecule has 0 aliphatic rings. The number of benzene rings is 1. The van der Waals surface area contributed by atoms with Crippen molar-refractivity contribution >= 4 is 23.2 Å². The minimum Gasteiger partial charge on any atom is -0.495 e. The molecule has 0 heterocycles. The van der Waals surface area contributed by atoms with Crippen LogP contribution in [0.15, 0.2) is 18.2 Å². The Morgan fingerprint density at radius 2 is 2.41 bits per heavy atom. The average molecular weight is 253 g/mol. The van der Waals surface area contributed by atoms with E-state index in [2.05, 4.69) is 11.2 Å². The molecule has 3 N–H and O–H groups in total. The minimum absolute atomic E-state index is 0.190. The highest BCUT2D eigenvalue weighted by molar-refractivity contribution is 6.32. The molecule has 1 amide bonds. The molecule has 0 fully saturated rings. The van der Waals surface area contributed by atoms with Gasteiger partial charge in [0, 0.05) is 12.1 Å². The summed E-state index contributed by atoms with van der Waals surface area (Å²) in [7, 11) is 1.52. The number of rotatable bonds is 4. The molecule has 0 saturated heterocycles. The fraction of sp³-hybridized carbons (Fsp3) is 0.250. The van der Waals surface area contributed by atoms with Crippen LogP contribution in [0.5, 0.6) is 5.75 Å². The van der Waals surface area contributed by atoms with E-state index < -0.39 is 6.04 Å². The standard InChI is InChI=1S/C12H13ClN2O2/c1-3-4-10(14)12(16)15-8-5-6-11(17-2)9(13)7-8/h1,5-7,10H,4,14H2,2H3,(H,15,16). The van der Waals surface area contributed by atoms with Gasteiger partial charge in [-0.2, -0.15) is 0 Å². The third kappa shape index (κ3) is 3.66. The number of hydrogen-bond donors (Lipinski definition) is 2. The molecular formula is C12H13ClN2O2. The SMILES string of the molecule is C#CCC(N)C(=O)Nc1ccc(OC)c(Cl)c1. The molecule has 1 unspecified atom stereocenters. The maximum atomic E-state index is 11.6. The molecule has 1 rings (SSSR count). The van der Waals surface area contributed by atoms with Crippen molar-refractivity contribution in [2.75, 3.05) is 12.4 Å². The molecule has 4 nitrogen and oxygen atoms in total. The predicted molar refractivity (Wildman–Crippen MR) is 68.1 cm³/mol. The van der Waals surface area contributed by atoms with Gasteiger partial charge in [0.05, 0.1) is 18.2 Å². The predicted octanol–water partition coefficient (Wildman–Crippen LogP) is 1.64. The third-order valence-corrected chi connectivity index (χ3v) is 2.39. The summed E-state index contributed by atoms with van der Waals surface area (Å²) < 4.78 is 5.00. The van der Waals surface area contributed by atoms with Crippen LogP contribution in [0.3, 0.4) is 0 Å². The van der Waals surface area contributed by atoms with Crippen LogP contribution in [-0.4, -0.2) is 19.1 Å². The monoisotopic (exact) mass is 252 g/mol. The van der Waals surface area contributed by atoms with E-state index in [1.165, 1.54) is 7.11 Å². The summed E-state index contributed by atoms with van der Waals surface area (Å²) in [5.41, 5.74) is 6.11. The van der Waals surface area contributed by atoms with Crippen molar-refractivity contribution in [2.45, 2.75) is 12.5 Å². The van der Waals surface area contributed by atoms with E-state index >= 15 is 0 Å². The summed E-state index contributed by atoms with van der Waals surface area (Å²) in [5, 5.41) is 3.03. The van der Waals surface area contributed by atoms with Crippen LogP contribution in [-0.2, 0) is 4.79 Å². The second kappa shape index (κ2) is 6.14. The number of anilines is 1. The van der Waals surface area contributed by atoms with Gasteiger partial charge in [0.2, 0.25) is 5.91 Å². The molecule has 0 aliphatic carbocycles. The van der Waals surface area contributed by atoms with Gasteiger partial charge in [0.1, 0.15) is 5.75 Å². The summed E-state index contributed by atoms with van der Waals surface area (Å²) in [4.78, 5) is 11.6. The molecule has 1 atom stereocenters. The van der Waals surface area contributed by atoms with Gasteiger partial charge in [-0.05, 0) is 18.2 Å². The van der Waals surface area contributed by atoms with Crippen LogP contribution in [0.25, 0.3) is 0 Å². The Balaban J connectivity index is 2.73. The molecule has 0 radical (unpaired) electrons. The first-order valence-corrected chi connectivity index (χ1v) is 5.29. The number of carbonyl (C=O) groups is 1. The minimum atomic E-state index is -0.721. The number of nitrogens with two attached hydrogens (primary N) is 1. The van der Waals surface area contributed by atoms with Gasteiger partial charge in [0.15, 0.2) is 0 Å². The molecule has 0 bridgehead atoms. The summed E-state index contributed by atoms with van der Waals surface area (Å²) in [6.45, 7) is 0. The van der Waals surface area contributed by atoms with Gasteiger partial charge in [0.25, 0.3) is 0 Å². The van der Waals surface area contributed by atoms with Crippen molar-refractivity contribution in [1.82, 2.24) is 0 Å². The Kier molecular flexibility index (Phi) is 4.83. The maximum absolute atomic E-state index is 11.6. The number of methoxy groups -OCH3 is 1.